The van der Waals surface area contributed by atoms with Crippen molar-refractivity contribution in [3.63, 3.8) is 0 Å². The van der Waals surface area contributed by atoms with Crippen LogP contribution in [0.3, 0.4) is 0 Å². The molecule has 7 heteroatoms. The molecule has 2 aromatic rings. The van der Waals surface area contributed by atoms with Crippen LogP contribution in [-0.2, 0) is 0 Å². The predicted molar refractivity (Wildman–Crippen MR) is 72.8 cm³/mol. The number of aromatic nitrogens is 2. The van der Waals surface area contributed by atoms with Gasteiger partial charge >= 0.3 is 0 Å². The van der Waals surface area contributed by atoms with E-state index in [1.165, 1.54) is 12.4 Å². The van der Waals surface area contributed by atoms with E-state index in [4.69, 9.17) is 23.2 Å². The van der Waals surface area contributed by atoms with Crippen LogP contribution in [0.2, 0.25) is 10.3 Å². The van der Waals surface area contributed by atoms with Crippen LogP contribution in [0.15, 0.2) is 24.5 Å². The number of hydrogen-bond acceptors (Lipinski definition) is 4. The first kappa shape index (κ1) is 13.6. The normalized spacial score (nSPS) is 10.3. The smallest absolute Gasteiger partial charge is 0.256 e. The fraction of sp³-hybridized carbons (Fsp3) is 0.0833. The number of carbonyl (C=O) groups excluding carboxylic acids is 1. The molecule has 2 rings (SSSR count). The lowest BCUT2D eigenvalue weighted by Gasteiger charge is -2.10. The summed E-state index contributed by atoms with van der Waals surface area (Å²) < 4.78 is 0. The van der Waals surface area contributed by atoms with Crippen LogP contribution in [0, 0.1) is 6.92 Å². The van der Waals surface area contributed by atoms with Crippen LogP contribution in [0.5, 0.6) is 5.75 Å². The zero-order chi connectivity index (χ0) is 14.0. The minimum absolute atomic E-state index is 0.0363. The molecule has 1 aromatic carbocycles. The molecule has 0 spiro atoms. The molecule has 0 saturated heterocycles. The number of hydrogen-bond donors (Lipinski definition) is 2. The molecule has 0 bridgehead atoms. The van der Waals surface area contributed by atoms with E-state index in [1.807, 2.05) is 0 Å². The molecule has 1 amide bonds. The third kappa shape index (κ3) is 2.77. The lowest BCUT2D eigenvalue weighted by Crippen LogP contribution is -2.14. The van der Waals surface area contributed by atoms with Crippen molar-refractivity contribution in [2.45, 2.75) is 6.92 Å². The highest BCUT2D eigenvalue weighted by Crippen LogP contribution is 2.27. The van der Waals surface area contributed by atoms with Crippen molar-refractivity contribution in [1.29, 1.82) is 0 Å². The summed E-state index contributed by atoms with van der Waals surface area (Å²) in [7, 11) is 0. The Hall–Kier alpha value is -1.85. The molecule has 0 fully saturated rings. The van der Waals surface area contributed by atoms with Gasteiger partial charge in [-0.2, -0.15) is 0 Å². The largest absolute Gasteiger partial charge is 0.508 e. The number of phenols is 1. The van der Waals surface area contributed by atoms with Crippen molar-refractivity contribution in [1.82, 2.24) is 9.97 Å². The van der Waals surface area contributed by atoms with Crippen LogP contribution in [0.1, 0.15) is 15.9 Å². The molecule has 1 aromatic heterocycles. The highest BCUT2D eigenvalue weighted by Gasteiger charge is 2.15. The van der Waals surface area contributed by atoms with Crippen LogP contribution >= 0.6 is 23.2 Å². The number of rotatable bonds is 2. The van der Waals surface area contributed by atoms with Gasteiger partial charge in [0.05, 0.1) is 0 Å². The minimum atomic E-state index is -0.452. The number of carbonyl (C=O) groups is 1. The number of phenolic OH excluding ortho intramolecular Hbond substituents is 1. The van der Waals surface area contributed by atoms with Gasteiger partial charge in [-0.15, -0.1) is 0 Å². The van der Waals surface area contributed by atoms with E-state index in [-0.39, 0.29) is 21.7 Å². The van der Waals surface area contributed by atoms with E-state index in [2.05, 4.69) is 15.3 Å². The average molecular weight is 298 g/mol. The van der Waals surface area contributed by atoms with Gasteiger partial charge in [-0.05, 0) is 19.1 Å². The minimum Gasteiger partial charge on any atom is -0.508 e. The zero-order valence-electron chi connectivity index (χ0n) is 9.82. The van der Waals surface area contributed by atoms with Gasteiger partial charge in [0.15, 0.2) is 10.3 Å². The lowest BCUT2D eigenvalue weighted by molar-refractivity contribution is 0.102. The maximum Gasteiger partial charge on any atom is 0.256 e. The summed E-state index contributed by atoms with van der Waals surface area (Å²) in [6, 6.07) is 4.65. The molecule has 5 nitrogen and oxygen atoms in total. The van der Waals surface area contributed by atoms with Crippen molar-refractivity contribution in [2.75, 3.05) is 5.32 Å². The Kier molecular flexibility index (Phi) is 3.87. The van der Waals surface area contributed by atoms with E-state index in [9.17, 15) is 9.90 Å². The van der Waals surface area contributed by atoms with Gasteiger partial charge in [0.2, 0.25) is 0 Å². The second-order valence-corrected chi connectivity index (χ2v) is 4.45. The van der Waals surface area contributed by atoms with Crippen LogP contribution < -0.4 is 5.32 Å². The van der Waals surface area contributed by atoms with Crippen LogP contribution in [0.25, 0.3) is 0 Å². The Morgan fingerprint density at radius 2 is 1.89 bits per heavy atom. The Bertz CT molecular complexity index is 627. The molecule has 19 heavy (non-hydrogen) atoms. The van der Waals surface area contributed by atoms with Gasteiger partial charge < -0.3 is 10.4 Å². The van der Waals surface area contributed by atoms with Crippen molar-refractivity contribution in [3.05, 3.63) is 46.0 Å². The molecule has 0 atom stereocenters. The molecule has 2 N–H and O–H groups in total. The van der Waals surface area contributed by atoms with Crippen LogP contribution in [0.4, 0.5) is 5.69 Å². The third-order valence-electron chi connectivity index (χ3n) is 2.54. The fourth-order valence-electron chi connectivity index (χ4n) is 1.50. The summed E-state index contributed by atoms with van der Waals surface area (Å²) in [6.07, 6.45) is 1.19. The molecule has 0 unspecified atom stereocenters. The number of benzene rings is 1. The zero-order valence-corrected chi connectivity index (χ0v) is 11.3. The predicted octanol–water partition coefficient (Wildman–Crippen LogP) is 3.05. The molecule has 0 saturated carbocycles. The summed E-state index contributed by atoms with van der Waals surface area (Å²) in [5, 5.41) is 12.2. The third-order valence-corrected chi connectivity index (χ3v) is 3.12. The molecule has 98 valence electrons. The van der Waals surface area contributed by atoms with E-state index >= 15 is 0 Å². The van der Waals surface area contributed by atoms with Crippen molar-refractivity contribution >= 4 is 34.8 Å². The summed E-state index contributed by atoms with van der Waals surface area (Å²) in [6.45, 7) is 1.63. The van der Waals surface area contributed by atoms with E-state index in [1.54, 1.807) is 19.1 Å². The molecule has 0 aliphatic heterocycles. The van der Waals surface area contributed by atoms with Crippen molar-refractivity contribution in [3.8, 4) is 5.75 Å². The quantitative estimate of drug-likeness (QED) is 0.836. The second kappa shape index (κ2) is 5.42. The fourth-order valence-corrected chi connectivity index (χ4v) is 1.91. The molecule has 1 heterocycles. The van der Waals surface area contributed by atoms with Crippen LogP contribution in [-0.4, -0.2) is 21.0 Å². The number of amides is 1. The Balaban J connectivity index is 2.34. The Morgan fingerprint density at radius 3 is 2.53 bits per heavy atom. The molecule has 0 radical (unpaired) electrons. The summed E-state index contributed by atoms with van der Waals surface area (Å²) in [5.41, 5.74) is 0.915. The molecular weight excluding hydrogens is 289 g/mol. The summed E-state index contributed by atoms with van der Waals surface area (Å²) >= 11 is 11.7. The summed E-state index contributed by atoms with van der Waals surface area (Å²) in [5.74, 6) is -0.416. The van der Waals surface area contributed by atoms with E-state index in [0.29, 0.717) is 11.1 Å². The Labute approximate surface area is 119 Å². The van der Waals surface area contributed by atoms with Gasteiger partial charge in [0, 0.05) is 11.1 Å². The second-order valence-electron chi connectivity index (χ2n) is 3.73. The van der Waals surface area contributed by atoms with Gasteiger partial charge in [-0.25, -0.2) is 9.97 Å². The monoisotopic (exact) mass is 297 g/mol. The topological polar surface area (TPSA) is 75.1 Å². The maximum atomic E-state index is 12.1. The number of anilines is 1. The average Bonchev–Trinajstić information content (AvgIpc) is 2.37. The Morgan fingerprint density at radius 1 is 1.26 bits per heavy atom. The SMILES string of the molecule is Cc1c(O)cccc1C(=O)Nc1c(Cl)ncnc1Cl. The molecule has 0 aliphatic carbocycles. The highest BCUT2D eigenvalue weighted by atomic mass is 35.5. The number of nitrogens with one attached hydrogen (secondary N) is 1. The first-order valence-electron chi connectivity index (χ1n) is 5.26. The van der Waals surface area contributed by atoms with Crippen molar-refractivity contribution in [2.24, 2.45) is 0 Å². The van der Waals surface area contributed by atoms with E-state index in [0.717, 1.165) is 0 Å². The van der Waals surface area contributed by atoms with Gasteiger partial charge in [-0.3, -0.25) is 4.79 Å². The van der Waals surface area contributed by atoms with Crippen molar-refractivity contribution < 1.29 is 9.90 Å². The first-order chi connectivity index (χ1) is 9.00. The standard InChI is InChI=1S/C12H9Cl2N3O2/c1-6-7(3-2-4-8(6)18)12(19)17-9-10(13)15-5-16-11(9)14/h2-5,18H,1H3,(H,17,19). The number of halogens is 2. The molecular formula is C12H9Cl2N3O2. The van der Waals surface area contributed by atoms with Gasteiger partial charge in [0.1, 0.15) is 17.8 Å². The van der Waals surface area contributed by atoms with Gasteiger partial charge in [0.25, 0.3) is 5.91 Å². The van der Waals surface area contributed by atoms with Gasteiger partial charge in [-0.1, -0.05) is 29.3 Å². The number of nitrogens with zero attached hydrogens (tertiary/aromatic N) is 2. The first-order valence-corrected chi connectivity index (χ1v) is 6.02. The van der Waals surface area contributed by atoms with E-state index < -0.39 is 5.91 Å². The molecule has 0 aliphatic rings. The lowest BCUT2D eigenvalue weighted by atomic mass is 10.1. The maximum absolute atomic E-state index is 12.1. The summed E-state index contributed by atoms with van der Waals surface area (Å²) in [4.78, 5) is 19.6. The number of aromatic hydroxyl groups is 1. The highest BCUT2D eigenvalue weighted by molar-refractivity contribution is 6.38.